The number of thiol groups is 2. The van der Waals surface area contributed by atoms with Crippen LogP contribution >= 0.6 is 25.3 Å². The van der Waals surface area contributed by atoms with Gasteiger partial charge in [-0.15, -0.1) is 0 Å². The first-order valence-corrected chi connectivity index (χ1v) is 11.4. The molecule has 4 atom stereocenters. The number of carboxylic acids is 4. The van der Waals surface area contributed by atoms with Gasteiger partial charge >= 0.3 is 23.9 Å². The highest BCUT2D eigenvalue weighted by Gasteiger charge is 2.23. The minimum atomic E-state index is -1.22. The number of nitrogens with two attached hydrogens (primary N) is 2. The Hall–Kier alpha value is -3.09. The molecule has 18 heteroatoms. The molecule has 0 saturated carbocycles. The smallest absolute Gasteiger partial charge is 0.327 e. The first-order valence-electron chi connectivity index (χ1n) is 10.2. The van der Waals surface area contributed by atoms with Gasteiger partial charge in [-0.25, -0.2) is 4.79 Å². The summed E-state index contributed by atoms with van der Waals surface area (Å²) < 4.78 is 0. The van der Waals surface area contributed by atoms with Crippen LogP contribution in [0.3, 0.4) is 0 Å². The van der Waals surface area contributed by atoms with Crippen molar-refractivity contribution in [3.05, 3.63) is 0 Å². The van der Waals surface area contributed by atoms with Crippen LogP contribution in [-0.2, 0) is 33.6 Å². The van der Waals surface area contributed by atoms with Gasteiger partial charge in [0.15, 0.2) is 0 Å². The molecular weight excluding hydrogens is 526 g/mol. The van der Waals surface area contributed by atoms with E-state index in [0.29, 0.717) is 0 Å². The number of rotatable bonds is 16. The number of carboxylic acid groups (broad SMARTS) is 4. The molecule has 0 aliphatic heterocycles. The average Bonchev–Trinajstić information content (AvgIpc) is 2.80. The lowest BCUT2D eigenvalue weighted by Gasteiger charge is -2.16. The molecule has 0 unspecified atom stereocenters. The Morgan fingerprint density at radius 1 is 0.667 bits per heavy atom. The van der Waals surface area contributed by atoms with Gasteiger partial charge in [0.05, 0.1) is 6.04 Å². The molecule has 206 valence electrons. The van der Waals surface area contributed by atoms with Gasteiger partial charge in [0.1, 0.15) is 24.7 Å². The van der Waals surface area contributed by atoms with Crippen LogP contribution < -0.4 is 27.4 Å². The van der Waals surface area contributed by atoms with E-state index < -0.39 is 72.3 Å². The van der Waals surface area contributed by atoms with Gasteiger partial charge in [0.2, 0.25) is 17.7 Å². The Kier molecular flexibility index (Phi) is 18.6. The van der Waals surface area contributed by atoms with Crippen LogP contribution in [0.2, 0.25) is 0 Å². The van der Waals surface area contributed by atoms with Crippen molar-refractivity contribution < 1.29 is 54.0 Å². The lowest BCUT2D eigenvalue weighted by atomic mass is 10.1. The summed E-state index contributed by atoms with van der Waals surface area (Å²) in [6, 6.07) is -4.30. The molecule has 0 aromatic rings. The molecule has 0 bridgehead atoms. The van der Waals surface area contributed by atoms with Crippen molar-refractivity contribution in [3.63, 3.8) is 0 Å². The molecule has 36 heavy (non-hydrogen) atoms. The summed E-state index contributed by atoms with van der Waals surface area (Å²) in [5.41, 5.74) is 10.6. The molecule has 0 aromatic heterocycles. The number of nitrogens with one attached hydrogen (secondary N) is 3. The van der Waals surface area contributed by atoms with Crippen LogP contribution in [0, 0.1) is 0 Å². The SMILES string of the molecule is N[C@@H](CCC(=O)N[C@@H](CS)C(=O)NCC(=O)O)C(=O)O.N[C@@H](CCC(=O)O)C(=O)N[C@@H](CS)C(=O)O. The molecule has 11 N–H and O–H groups in total. The minimum Gasteiger partial charge on any atom is -0.481 e. The summed E-state index contributed by atoms with van der Waals surface area (Å²) >= 11 is 7.63. The fourth-order valence-electron chi connectivity index (χ4n) is 2.03. The normalized spacial score (nSPS) is 13.4. The zero-order valence-electron chi connectivity index (χ0n) is 19.0. The van der Waals surface area contributed by atoms with Crippen LogP contribution in [0.4, 0.5) is 0 Å². The molecule has 0 radical (unpaired) electrons. The number of carbonyl (C=O) groups is 7. The highest BCUT2D eigenvalue weighted by molar-refractivity contribution is 7.80. The third kappa shape index (κ3) is 17.4. The van der Waals surface area contributed by atoms with Crippen molar-refractivity contribution in [3.8, 4) is 0 Å². The van der Waals surface area contributed by atoms with Crippen molar-refractivity contribution in [1.29, 1.82) is 0 Å². The maximum Gasteiger partial charge on any atom is 0.327 e. The molecule has 0 spiro atoms. The average molecular weight is 558 g/mol. The van der Waals surface area contributed by atoms with E-state index in [4.69, 9.17) is 31.9 Å². The van der Waals surface area contributed by atoms with E-state index in [1.54, 1.807) is 0 Å². The summed E-state index contributed by atoms with van der Waals surface area (Å²) in [6.07, 6.45) is -0.519. The minimum absolute atomic E-state index is 0.0256. The van der Waals surface area contributed by atoms with Gasteiger partial charge in [-0.05, 0) is 12.8 Å². The molecule has 0 aliphatic carbocycles. The first kappa shape index (κ1) is 35.1. The van der Waals surface area contributed by atoms with E-state index in [-0.39, 0.29) is 37.2 Å². The Morgan fingerprint density at radius 2 is 1.19 bits per heavy atom. The van der Waals surface area contributed by atoms with Crippen molar-refractivity contribution in [2.45, 2.75) is 49.9 Å². The molecule has 0 saturated heterocycles. The van der Waals surface area contributed by atoms with Crippen molar-refractivity contribution in [2.24, 2.45) is 11.5 Å². The quantitative estimate of drug-likeness (QED) is 0.0821. The number of amides is 3. The van der Waals surface area contributed by atoms with Gasteiger partial charge in [0.25, 0.3) is 0 Å². The highest BCUT2D eigenvalue weighted by atomic mass is 32.1. The fraction of sp³-hybridized carbons (Fsp3) is 0.611. The van der Waals surface area contributed by atoms with Crippen LogP contribution in [0.1, 0.15) is 25.7 Å². The molecule has 3 amide bonds. The standard InChI is InChI=1S/C10H17N3O6S.C8H14N2O5S/c11-5(10(18)19)1-2-7(14)13-6(4-20)9(17)12-3-8(15)16;9-4(1-2-6(11)12)7(13)10-5(3-16)8(14)15/h5-6,20H,1-4,11H2,(H,12,17)(H,13,14)(H,15,16)(H,18,19);4-5,16H,1-3,9H2,(H,10,13)(H,11,12)(H,14,15)/t5-,6-;4-,5-/m00/s1. The molecule has 0 fully saturated rings. The van der Waals surface area contributed by atoms with Crippen molar-refractivity contribution in [1.82, 2.24) is 16.0 Å². The van der Waals surface area contributed by atoms with E-state index >= 15 is 0 Å². The zero-order valence-corrected chi connectivity index (χ0v) is 20.7. The summed E-state index contributed by atoms with van der Waals surface area (Å²) in [7, 11) is 0. The van der Waals surface area contributed by atoms with Crippen LogP contribution in [0.15, 0.2) is 0 Å². The van der Waals surface area contributed by atoms with Gasteiger partial charge in [0, 0.05) is 24.3 Å². The third-order valence-electron chi connectivity index (χ3n) is 4.05. The van der Waals surface area contributed by atoms with Gasteiger partial charge < -0.3 is 47.8 Å². The van der Waals surface area contributed by atoms with Crippen LogP contribution in [0.5, 0.6) is 0 Å². The van der Waals surface area contributed by atoms with Crippen molar-refractivity contribution >= 4 is 66.9 Å². The molecule has 0 aliphatic rings. The topological polar surface area (TPSA) is 289 Å². The number of aliphatic carboxylic acids is 4. The molecule has 0 aromatic carbocycles. The second-order valence-electron chi connectivity index (χ2n) is 7.02. The van der Waals surface area contributed by atoms with E-state index in [9.17, 15) is 33.6 Å². The monoisotopic (exact) mass is 557 g/mol. The van der Waals surface area contributed by atoms with Gasteiger partial charge in [-0.3, -0.25) is 28.8 Å². The summed E-state index contributed by atoms with van der Waals surface area (Å²) in [6.45, 7) is -0.567. The predicted octanol–water partition coefficient (Wildman–Crippen LogP) is -3.53. The Bertz CT molecular complexity index is 799. The Morgan fingerprint density at radius 3 is 1.61 bits per heavy atom. The Labute approximate surface area is 216 Å². The molecule has 16 nitrogen and oxygen atoms in total. The third-order valence-corrected chi connectivity index (χ3v) is 4.78. The number of carbonyl (C=O) groups excluding carboxylic acids is 3. The van der Waals surface area contributed by atoms with E-state index in [1.165, 1.54) is 0 Å². The maximum absolute atomic E-state index is 11.5. The summed E-state index contributed by atoms with van der Waals surface area (Å²) in [5.74, 6) is -6.74. The van der Waals surface area contributed by atoms with E-state index in [0.717, 1.165) is 0 Å². The highest BCUT2D eigenvalue weighted by Crippen LogP contribution is 1.98. The second kappa shape index (κ2) is 19.1. The zero-order chi connectivity index (χ0) is 28.4. The molecule has 0 rings (SSSR count). The lowest BCUT2D eigenvalue weighted by Crippen LogP contribution is -2.49. The fourth-order valence-corrected chi connectivity index (χ4v) is 2.54. The van der Waals surface area contributed by atoms with E-state index in [1.807, 2.05) is 0 Å². The summed E-state index contributed by atoms with van der Waals surface area (Å²) in [5, 5.41) is 40.5. The lowest BCUT2D eigenvalue weighted by molar-refractivity contribution is -0.141. The first-order chi connectivity index (χ1) is 16.7. The molecule has 0 heterocycles. The van der Waals surface area contributed by atoms with Crippen LogP contribution in [-0.4, -0.2) is 104 Å². The van der Waals surface area contributed by atoms with Crippen LogP contribution in [0.25, 0.3) is 0 Å². The number of hydrogen-bond donors (Lipinski definition) is 11. The Balaban J connectivity index is 0. The van der Waals surface area contributed by atoms with Crippen molar-refractivity contribution in [2.75, 3.05) is 18.1 Å². The predicted molar refractivity (Wildman–Crippen MR) is 130 cm³/mol. The maximum atomic E-state index is 11.5. The largest absolute Gasteiger partial charge is 0.481 e. The molecular formula is C18H31N5O11S2. The summed E-state index contributed by atoms with van der Waals surface area (Å²) in [4.78, 5) is 75.8. The number of hydrogen-bond acceptors (Lipinski definition) is 11. The van der Waals surface area contributed by atoms with Gasteiger partial charge in [-0.1, -0.05) is 0 Å². The van der Waals surface area contributed by atoms with E-state index in [2.05, 4.69) is 41.2 Å². The van der Waals surface area contributed by atoms with Gasteiger partial charge in [-0.2, -0.15) is 25.3 Å². The second-order valence-corrected chi connectivity index (χ2v) is 7.75.